The molecule has 2 aliphatic carbocycles. The molecule has 3 atom stereocenters. The lowest BCUT2D eigenvalue weighted by Crippen LogP contribution is -2.49. The van der Waals surface area contributed by atoms with Gasteiger partial charge in [0.15, 0.2) is 0 Å². The minimum Gasteiger partial charge on any atom is -0.307 e. The Labute approximate surface area is 185 Å². The Hall–Kier alpha value is -0.320. The van der Waals surface area contributed by atoms with Crippen LogP contribution in [0.4, 0.5) is 0 Å². The van der Waals surface area contributed by atoms with E-state index in [1.165, 1.54) is 51.4 Å². The van der Waals surface area contributed by atoms with Crippen LogP contribution in [0, 0.1) is 5.41 Å². The van der Waals surface area contributed by atoms with Gasteiger partial charge in [-0.05, 0) is 31.2 Å². The first-order chi connectivity index (χ1) is 14.4. The van der Waals surface area contributed by atoms with Gasteiger partial charge in [-0.25, -0.2) is 0 Å². The van der Waals surface area contributed by atoms with Gasteiger partial charge >= 0.3 is 7.60 Å². The van der Waals surface area contributed by atoms with Crippen molar-refractivity contribution in [3.8, 4) is 0 Å². The average molecular weight is 450 g/mol. The molecule has 0 amide bonds. The Kier molecular flexibility index (Phi) is 5.68. The van der Waals surface area contributed by atoms with E-state index < -0.39 is 7.60 Å². The zero-order valence-corrected chi connectivity index (χ0v) is 20.1. The van der Waals surface area contributed by atoms with Crippen LogP contribution in [0.2, 0.25) is 0 Å². The van der Waals surface area contributed by atoms with Gasteiger partial charge in [0, 0.05) is 10.2 Å². The summed E-state index contributed by atoms with van der Waals surface area (Å²) in [6.07, 6.45) is 11.9. The van der Waals surface area contributed by atoms with Gasteiger partial charge in [-0.3, -0.25) is 14.4 Å². The summed E-state index contributed by atoms with van der Waals surface area (Å²) in [7, 11) is -3.32. The molecule has 2 saturated carbocycles. The highest BCUT2D eigenvalue weighted by molar-refractivity contribution is 8.02. The van der Waals surface area contributed by atoms with Gasteiger partial charge in [-0.1, -0.05) is 82.7 Å². The molecule has 0 bridgehead atoms. The van der Waals surface area contributed by atoms with E-state index in [4.69, 9.17) is 9.05 Å². The van der Waals surface area contributed by atoms with E-state index in [0.29, 0.717) is 6.61 Å². The first-order valence-electron chi connectivity index (χ1n) is 11.8. The zero-order chi connectivity index (χ0) is 20.9. The van der Waals surface area contributed by atoms with Crippen LogP contribution >= 0.6 is 19.4 Å². The van der Waals surface area contributed by atoms with Gasteiger partial charge in [0.05, 0.1) is 17.6 Å². The number of thioether (sulfide) groups is 1. The van der Waals surface area contributed by atoms with Crippen LogP contribution < -0.4 is 5.32 Å². The minimum absolute atomic E-state index is 0.0200. The molecule has 1 aromatic rings. The number of rotatable bonds is 2. The summed E-state index contributed by atoms with van der Waals surface area (Å²) >= 11 is 2.11. The Bertz CT molecular complexity index is 802. The fourth-order valence-corrected chi connectivity index (χ4v) is 11.6. The molecule has 0 aromatic heterocycles. The van der Waals surface area contributed by atoms with Crippen LogP contribution in [-0.2, 0) is 13.6 Å². The number of hydrogen-bond acceptors (Lipinski definition) is 5. The molecule has 166 valence electrons. The van der Waals surface area contributed by atoms with Crippen molar-refractivity contribution in [1.29, 1.82) is 0 Å². The second-order valence-electron chi connectivity index (χ2n) is 10.5. The largest absolute Gasteiger partial charge is 0.349 e. The van der Waals surface area contributed by atoms with Crippen LogP contribution in [0.5, 0.6) is 0 Å². The van der Waals surface area contributed by atoms with Crippen LogP contribution in [0.15, 0.2) is 30.3 Å². The molecule has 4 nitrogen and oxygen atoms in total. The molecule has 2 saturated heterocycles. The molecule has 30 heavy (non-hydrogen) atoms. The summed E-state index contributed by atoms with van der Waals surface area (Å²) in [5.74, 6) is -0.198. The Morgan fingerprint density at radius 1 is 0.967 bits per heavy atom. The maximum atomic E-state index is 14.5. The topological polar surface area (TPSA) is 47.6 Å². The van der Waals surface area contributed by atoms with E-state index in [9.17, 15) is 4.57 Å². The summed E-state index contributed by atoms with van der Waals surface area (Å²) < 4.78 is 27.3. The molecule has 4 aliphatic rings. The maximum absolute atomic E-state index is 14.5. The highest BCUT2D eigenvalue weighted by atomic mass is 32.2. The van der Waals surface area contributed by atoms with E-state index in [0.717, 1.165) is 18.4 Å². The average Bonchev–Trinajstić information content (AvgIpc) is 3.05. The first kappa shape index (κ1) is 21.5. The molecule has 1 N–H and O–H groups in total. The summed E-state index contributed by atoms with van der Waals surface area (Å²) in [6, 6.07) is 10.3. The van der Waals surface area contributed by atoms with Crippen molar-refractivity contribution in [3.63, 3.8) is 0 Å². The molecule has 0 radical (unpaired) electrons. The fraction of sp³-hybridized carbons (Fsp3) is 0.750. The summed E-state index contributed by atoms with van der Waals surface area (Å²) in [5.41, 5.74) is 0.880. The van der Waals surface area contributed by atoms with Gasteiger partial charge in [-0.15, -0.1) is 11.8 Å². The quantitative estimate of drug-likeness (QED) is 0.492. The first-order valence-corrected chi connectivity index (χ1v) is 14.3. The van der Waals surface area contributed by atoms with Gasteiger partial charge in [0.25, 0.3) is 0 Å². The van der Waals surface area contributed by atoms with Crippen LogP contribution in [0.3, 0.4) is 0 Å². The van der Waals surface area contributed by atoms with Crippen molar-refractivity contribution < 1.29 is 13.6 Å². The monoisotopic (exact) mass is 449 g/mol. The molecule has 2 heterocycles. The molecule has 4 fully saturated rings. The minimum atomic E-state index is -3.32. The molecule has 5 rings (SSSR count). The molecular formula is C24H36NO3PS. The maximum Gasteiger partial charge on any atom is 0.349 e. The molecular weight excluding hydrogens is 413 g/mol. The van der Waals surface area contributed by atoms with E-state index >= 15 is 0 Å². The Morgan fingerprint density at radius 3 is 2.27 bits per heavy atom. The molecule has 1 unspecified atom stereocenters. The fourth-order valence-electron chi connectivity index (χ4n) is 6.04. The van der Waals surface area contributed by atoms with Crippen molar-refractivity contribution in [3.05, 3.63) is 35.9 Å². The predicted octanol–water partition coefficient (Wildman–Crippen LogP) is 7.02. The smallest absolute Gasteiger partial charge is 0.307 e. The van der Waals surface area contributed by atoms with Crippen LogP contribution in [0.1, 0.15) is 89.7 Å². The van der Waals surface area contributed by atoms with Crippen molar-refractivity contribution in [2.24, 2.45) is 5.41 Å². The van der Waals surface area contributed by atoms with Crippen molar-refractivity contribution >= 4 is 19.4 Å². The predicted molar refractivity (Wildman–Crippen MR) is 124 cm³/mol. The normalized spacial score (nSPS) is 37.4. The van der Waals surface area contributed by atoms with Gasteiger partial charge in [0.2, 0.25) is 0 Å². The highest BCUT2D eigenvalue weighted by Crippen LogP contribution is 2.72. The summed E-state index contributed by atoms with van der Waals surface area (Å²) in [4.78, 5) is 0.0552. The number of benzene rings is 1. The third kappa shape index (κ3) is 3.73. The van der Waals surface area contributed by atoms with E-state index in [1.54, 1.807) is 0 Å². The highest BCUT2D eigenvalue weighted by Gasteiger charge is 2.64. The van der Waals surface area contributed by atoms with Crippen LogP contribution in [0.25, 0.3) is 0 Å². The van der Waals surface area contributed by atoms with Gasteiger partial charge in [0.1, 0.15) is 5.78 Å². The Balaban J connectivity index is 1.49. The van der Waals surface area contributed by atoms with E-state index in [2.05, 4.69) is 43.1 Å². The lowest BCUT2D eigenvalue weighted by atomic mass is 9.83. The second kappa shape index (κ2) is 7.92. The lowest BCUT2D eigenvalue weighted by Gasteiger charge is -2.46. The summed E-state index contributed by atoms with van der Waals surface area (Å²) in [5, 5.41) is 3.93. The van der Waals surface area contributed by atoms with Gasteiger partial charge in [-0.2, -0.15) is 0 Å². The standard InChI is InChI=1S/C24H36NO3PS/c1-22(2)18-27-29(26,28-20(22)19-12-6-3-7-13-19)21-23(14-8-4-9-15-23)30-24(25-21)16-10-5-11-17-24/h3,6-7,12-13,20-21,25H,4-5,8-11,14-18H2,1-2H3/t20-,21?,29+/m1/s1. The number of hydrogen-bond donors (Lipinski definition) is 1. The van der Waals surface area contributed by atoms with E-state index in [-0.39, 0.29) is 26.9 Å². The van der Waals surface area contributed by atoms with Crippen molar-refractivity contribution in [1.82, 2.24) is 5.32 Å². The second-order valence-corrected chi connectivity index (χ2v) is 14.4. The molecule has 6 heteroatoms. The molecule has 2 spiro atoms. The third-order valence-electron chi connectivity index (χ3n) is 7.66. The summed E-state index contributed by atoms with van der Waals surface area (Å²) in [6.45, 7) is 4.78. The molecule has 1 aromatic carbocycles. The van der Waals surface area contributed by atoms with Crippen LogP contribution in [-0.4, -0.2) is 22.0 Å². The SMILES string of the molecule is CC1(C)CO[P@@](=O)(C2NC3(CCCCC3)SC23CCCCC3)O[C@@H]1c1ccccc1. The number of nitrogens with one attached hydrogen (secondary N) is 1. The van der Waals surface area contributed by atoms with Gasteiger partial charge < -0.3 is 4.52 Å². The Morgan fingerprint density at radius 2 is 1.60 bits per heavy atom. The zero-order valence-electron chi connectivity index (χ0n) is 18.4. The van der Waals surface area contributed by atoms with Crippen molar-refractivity contribution in [2.45, 2.75) is 99.6 Å². The molecule has 2 aliphatic heterocycles. The van der Waals surface area contributed by atoms with E-state index in [1.807, 2.05) is 18.2 Å². The third-order valence-corrected chi connectivity index (χ3v) is 12.0. The van der Waals surface area contributed by atoms with Crippen molar-refractivity contribution in [2.75, 3.05) is 6.61 Å². The lowest BCUT2D eigenvalue weighted by molar-refractivity contribution is -0.0319.